The van der Waals surface area contributed by atoms with Gasteiger partial charge in [-0.05, 0) is 24.3 Å². The fourth-order valence-electron chi connectivity index (χ4n) is 2.03. The van der Waals surface area contributed by atoms with Crippen LogP contribution in [0.15, 0.2) is 30.3 Å². The van der Waals surface area contributed by atoms with Crippen molar-refractivity contribution in [3.63, 3.8) is 0 Å². The molecule has 0 fully saturated rings. The first-order valence-electron chi connectivity index (χ1n) is 7.50. The molecule has 0 spiro atoms. The number of rotatable bonds is 4. The summed E-state index contributed by atoms with van der Waals surface area (Å²) in [6, 6.07) is 0.915. The molecule has 30 heavy (non-hydrogen) atoms. The van der Waals surface area contributed by atoms with Crippen molar-refractivity contribution in [2.24, 2.45) is 5.73 Å². The SMILES string of the molecule is NC(=O)N(c1ccc(C(F)(F)F)cc1)c1nc(OCC(F)(F)F)cc(C(F)(F)F)n1. The topological polar surface area (TPSA) is 81.3 Å². The van der Waals surface area contributed by atoms with Crippen LogP contribution in [-0.2, 0) is 12.4 Å². The molecule has 0 bridgehead atoms. The normalized spacial score (nSPS) is 12.6. The number of hydrogen-bond donors (Lipinski definition) is 1. The number of nitrogens with two attached hydrogens (primary N) is 1. The molecule has 15 heteroatoms. The Labute approximate surface area is 161 Å². The van der Waals surface area contributed by atoms with E-state index in [-0.39, 0.29) is 11.0 Å². The lowest BCUT2D eigenvalue weighted by Gasteiger charge is -2.21. The van der Waals surface area contributed by atoms with Crippen LogP contribution < -0.4 is 15.4 Å². The maximum atomic E-state index is 13.0. The molecule has 2 rings (SSSR count). The second kappa shape index (κ2) is 7.87. The third-order valence-electron chi connectivity index (χ3n) is 3.24. The van der Waals surface area contributed by atoms with E-state index in [0.717, 1.165) is 0 Å². The summed E-state index contributed by atoms with van der Waals surface area (Å²) >= 11 is 0. The third kappa shape index (κ3) is 5.87. The molecule has 164 valence electrons. The monoisotopic (exact) mass is 448 g/mol. The quantitative estimate of drug-likeness (QED) is 0.690. The van der Waals surface area contributed by atoms with Crippen LogP contribution >= 0.6 is 0 Å². The standard InChI is InChI=1S/C15H9F9N4O2/c16-13(17,18)6-30-10-5-9(15(22,23)24)26-12(27-10)28(11(25)29)8-3-1-7(2-4-8)14(19,20)21/h1-5H,6H2,(H2,25,29). The minimum absolute atomic E-state index is 0.0567. The fraction of sp³-hybridized carbons (Fsp3) is 0.267. The Morgan fingerprint density at radius 1 is 0.933 bits per heavy atom. The van der Waals surface area contributed by atoms with Crippen molar-refractivity contribution in [3.8, 4) is 5.88 Å². The van der Waals surface area contributed by atoms with E-state index >= 15 is 0 Å². The Balaban J connectivity index is 2.54. The van der Waals surface area contributed by atoms with Gasteiger partial charge in [-0.25, -0.2) is 14.7 Å². The lowest BCUT2D eigenvalue weighted by molar-refractivity contribution is -0.154. The van der Waals surface area contributed by atoms with Gasteiger partial charge in [0.05, 0.1) is 11.3 Å². The number of carbonyl (C=O) groups is 1. The smallest absolute Gasteiger partial charge is 0.433 e. The van der Waals surface area contributed by atoms with Gasteiger partial charge >= 0.3 is 24.6 Å². The van der Waals surface area contributed by atoms with Crippen LogP contribution in [0.4, 0.5) is 55.9 Å². The second-order valence-corrected chi connectivity index (χ2v) is 5.51. The molecule has 0 radical (unpaired) electrons. The number of anilines is 2. The molecule has 0 unspecified atom stereocenters. The first-order chi connectivity index (χ1) is 13.6. The van der Waals surface area contributed by atoms with Gasteiger partial charge in [0.25, 0.3) is 0 Å². The Kier molecular flexibility index (Phi) is 6.04. The van der Waals surface area contributed by atoms with Crippen LogP contribution in [0.2, 0.25) is 0 Å². The van der Waals surface area contributed by atoms with E-state index in [0.29, 0.717) is 24.3 Å². The highest BCUT2D eigenvalue weighted by Crippen LogP contribution is 2.34. The summed E-state index contributed by atoms with van der Waals surface area (Å²) in [7, 11) is 0. The first-order valence-corrected chi connectivity index (χ1v) is 7.50. The number of hydrogen-bond acceptors (Lipinski definition) is 4. The van der Waals surface area contributed by atoms with Crippen LogP contribution in [0.3, 0.4) is 0 Å². The Hall–Kier alpha value is -3.26. The van der Waals surface area contributed by atoms with Gasteiger partial charge in [0.2, 0.25) is 11.8 Å². The lowest BCUT2D eigenvalue weighted by atomic mass is 10.2. The molecule has 0 saturated heterocycles. The Morgan fingerprint density at radius 2 is 1.50 bits per heavy atom. The number of amides is 2. The number of urea groups is 1. The van der Waals surface area contributed by atoms with Gasteiger partial charge in [-0.15, -0.1) is 0 Å². The molecule has 2 aromatic rings. The zero-order valence-electron chi connectivity index (χ0n) is 14.2. The zero-order chi connectivity index (χ0) is 22.9. The van der Waals surface area contributed by atoms with E-state index in [1.807, 2.05) is 0 Å². The molecule has 0 aliphatic heterocycles. The molecule has 2 N–H and O–H groups in total. The van der Waals surface area contributed by atoms with Gasteiger partial charge in [-0.3, -0.25) is 0 Å². The van der Waals surface area contributed by atoms with Crippen molar-refractivity contribution in [2.45, 2.75) is 18.5 Å². The summed E-state index contributed by atoms with van der Waals surface area (Å²) in [5.41, 5.74) is 1.67. The lowest BCUT2D eigenvalue weighted by Crippen LogP contribution is -2.33. The number of halogens is 9. The summed E-state index contributed by atoms with van der Waals surface area (Å²) in [5, 5.41) is 0. The molecule has 1 aromatic carbocycles. The predicted molar refractivity (Wildman–Crippen MR) is 81.8 cm³/mol. The van der Waals surface area contributed by atoms with Gasteiger partial charge in [-0.1, -0.05) is 0 Å². The highest BCUT2D eigenvalue weighted by atomic mass is 19.4. The highest BCUT2D eigenvalue weighted by molar-refractivity contribution is 5.96. The fourth-order valence-corrected chi connectivity index (χ4v) is 2.03. The summed E-state index contributed by atoms with van der Waals surface area (Å²) in [4.78, 5) is 18.2. The summed E-state index contributed by atoms with van der Waals surface area (Å²) in [5.74, 6) is -2.35. The minimum atomic E-state index is -5.18. The van der Waals surface area contributed by atoms with Crippen molar-refractivity contribution >= 4 is 17.7 Å². The Bertz CT molecular complexity index is 908. The predicted octanol–water partition coefficient (Wildman–Crippen LogP) is 4.67. The van der Waals surface area contributed by atoms with E-state index in [1.165, 1.54) is 0 Å². The number of carbonyl (C=O) groups excluding carboxylic acids is 1. The molecule has 1 aromatic heterocycles. The molecular weight excluding hydrogens is 439 g/mol. The van der Waals surface area contributed by atoms with Gasteiger partial charge in [0.15, 0.2) is 12.3 Å². The van der Waals surface area contributed by atoms with Gasteiger partial charge < -0.3 is 10.5 Å². The average Bonchev–Trinajstić information content (AvgIpc) is 2.58. The maximum Gasteiger partial charge on any atom is 0.433 e. The van der Waals surface area contributed by atoms with Crippen LogP contribution in [0, 0.1) is 0 Å². The zero-order valence-corrected chi connectivity index (χ0v) is 14.2. The molecular formula is C15H9F9N4O2. The third-order valence-corrected chi connectivity index (χ3v) is 3.24. The first kappa shape index (κ1) is 23.0. The summed E-state index contributed by atoms with van der Waals surface area (Å²) < 4.78 is 118. The van der Waals surface area contributed by atoms with Gasteiger partial charge in [-0.2, -0.15) is 44.5 Å². The number of ether oxygens (including phenoxy) is 1. The summed E-state index contributed by atoms with van der Waals surface area (Å²) in [6.45, 7) is -2.00. The van der Waals surface area contributed by atoms with E-state index in [2.05, 4.69) is 14.7 Å². The van der Waals surface area contributed by atoms with Gasteiger partial charge in [0.1, 0.15) is 0 Å². The van der Waals surface area contributed by atoms with Crippen molar-refractivity contribution in [3.05, 3.63) is 41.6 Å². The molecule has 2 amide bonds. The van der Waals surface area contributed by atoms with Crippen molar-refractivity contribution in [2.75, 3.05) is 11.5 Å². The average molecular weight is 448 g/mol. The van der Waals surface area contributed by atoms with Crippen molar-refractivity contribution in [1.82, 2.24) is 9.97 Å². The van der Waals surface area contributed by atoms with E-state index in [4.69, 9.17) is 5.73 Å². The largest absolute Gasteiger partial charge is 0.468 e. The van der Waals surface area contributed by atoms with Crippen molar-refractivity contribution in [1.29, 1.82) is 0 Å². The summed E-state index contributed by atoms with van der Waals surface area (Å²) in [6.07, 6.45) is -14.8. The number of alkyl halides is 9. The minimum Gasteiger partial charge on any atom is -0.468 e. The number of aromatic nitrogens is 2. The van der Waals surface area contributed by atoms with Crippen LogP contribution in [0.5, 0.6) is 5.88 Å². The number of primary amides is 1. The molecule has 6 nitrogen and oxygen atoms in total. The maximum absolute atomic E-state index is 13.0. The second-order valence-electron chi connectivity index (χ2n) is 5.51. The van der Waals surface area contributed by atoms with Crippen LogP contribution in [0.1, 0.15) is 11.3 Å². The van der Waals surface area contributed by atoms with Gasteiger partial charge in [0, 0.05) is 6.07 Å². The van der Waals surface area contributed by atoms with Crippen molar-refractivity contribution < 1.29 is 49.0 Å². The molecule has 1 heterocycles. The molecule has 0 saturated carbocycles. The number of nitrogens with zero attached hydrogens (tertiary/aromatic N) is 3. The van der Waals surface area contributed by atoms with Crippen LogP contribution in [-0.4, -0.2) is 28.8 Å². The Morgan fingerprint density at radius 3 is 1.93 bits per heavy atom. The van der Waals surface area contributed by atoms with E-state index in [1.54, 1.807) is 0 Å². The molecule has 0 aliphatic rings. The van der Waals surface area contributed by atoms with E-state index in [9.17, 15) is 44.3 Å². The molecule has 0 atom stereocenters. The van der Waals surface area contributed by atoms with Crippen LogP contribution in [0.25, 0.3) is 0 Å². The number of benzene rings is 1. The van der Waals surface area contributed by atoms with E-state index < -0.39 is 59.9 Å². The molecule has 0 aliphatic carbocycles. The highest BCUT2D eigenvalue weighted by Gasteiger charge is 2.36.